The molecular weight excluding hydrogens is 478 g/mol. The number of β-amino-alcohol motifs (C(OH)–C–C–N with tert-alkyl or cyclic N) is 1. The molecule has 2 aromatic carbocycles. The Balaban J connectivity index is 1.23. The second-order valence-corrected chi connectivity index (χ2v) is 9.87. The predicted octanol–water partition coefficient (Wildman–Crippen LogP) is 3.26. The van der Waals surface area contributed by atoms with Gasteiger partial charge in [0.05, 0.1) is 29.6 Å². The van der Waals surface area contributed by atoms with Gasteiger partial charge in [-0.2, -0.15) is 5.26 Å². The fourth-order valence-corrected chi connectivity index (χ4v) is 4.93. The number of allylic oxidation sites excluding steroid dienone is 1. The van der Waals surface area contributed by atoms with Crippen molar-refractivity contribution in [2.45, 2.75) is 31.8 Å². The Labute approximate surface area is 221 Å². The number of likely N-dealkylation sites (tertiary alicyclic amines) is 2. The summed E-state index contributed by atoms with van der Waals surface area (Å²) in [7, 11) is 0. The Kier molecular flexibility index (Phi) is 7.23. The zero-order chi connectivity index (χ0) is 26.6. The van der Waals surface area contributed by atoms with Crippen molar-refractivity contribution in [2.24, 2.45) is 4.99 Å². The van der Waals surface area contributed by atoms with E-state index in [-0.39, 0.29) is 17.9 Å². The van der Waals surface area contributed by atoms with Gasteiger partial charge in [0.15, 0.2) is 0 Å². The largest absolute Gasteiger partial charge is 0.389 e. The minimum atomic E-state index is -0.339. The quantitative estimate of drug-likeness (QED) is 0.618. The van der Waals surface area contributed by atoms with E-state index in [4.69, 9.17) is 5.26 Å². The third-order valence-electron chi connectivity index (χ3n) is 7.25. The van der Waals surface area contributed by atoms with Crippen molar-refractivity contribution in [3.05, 3.63) is 100 Å². The van der Waals surface area contributed by atoms with Gasteiger partial charge < -0.3 is 20.2 Å². The van der Waals surface area contributed by atoms with Crippen molar-refractivity contribution < 1.29 is 14.7 Å². The number of piperidine rings is 1. The van der Waals surface area contributed by atoms with Crippen LogP contribution in [-0.2, 0) is 0 Å². The number of rotatable bonds is 4. The van der Waals surface area contributed by atoms with Crippen LogP contribution < -0.4 is 5.32 Å². The molecule has 8 heteroatoms. The van der Waals surface area contributed by atoms with E-state index in [0.29, 0.717) is 60.3 Å². The molecule has 5 rings (SSSR count). The molecule has 3 heterocycles. The fourth-order valence-electron chi connectivity index (χ4n) is 4.93. The number of nitrogens with one attached hydrogen (secondary N) is 1. The molecule has 3 aliphatic rings. The highest BCUT2D eigenvalue weighted by molar-refractivity contribution is 6.01. The summed E-state index contributed by atoms with van der Waals surface area (Å²) in [5, 5.41) is 21.4. The van der Waals surface area contributed by atoms with Gasteiger partial charge in [-0.05, 0) is 61.1 Å². The number of aliphatic hydroxyl groups is 1. The van der Waals surface area contributed by atoms with Crippen LogP contribution in [0.25, 0.3) is 0 Å². The van der Waals surface area contributed by atoms with Crippen molar-refractivity contribution in [3.8, 4) is 6.07 Å². The lowest BCUT2D eigenvalue weighted by Gasteiger charge is -2.37. The average molecular weight is 508 g/mol. The minimum Gasteiger partial charge on any atom is -0.389 e. The number of amides is 2. The van der Waals surface area contributed by atoms with Crippen LogP contribution in [0.4, 0.5) is 0 Å². The molecular formula is C30H29N5O3. The number of carbonyl (C=O) groups is 2. The van der Waals surface area contributed by atoms with Crippen molar-refractivity contribution in [1.82, 2.24) is 15.1 Å². The van der Waals surface area contributed by atoms with E-state index in [1.54, 1.807) is 36.6 Å². The van der Waals surface area contributed by atoms with Crippen molar-refractivity contribution >= 4 is 17.6 Å². The molecule has 3 aliphatic heterocycles. The molecule has 0 bridgehead atoms. The lowest BCUT2D eigenvalue weighted by atomic mass is 9.88. The molecule has 8 nitrogen and oxygen atoms in total. The van der Waals surface area contributed by atoms with Crippen molar-refractivity contribution in [3.63, 3.8) is 0 Å². The van der Waals surface area contributed by atoms with Crippen LogP contribution in [0.5, 0.6) is 0 Å². The number of carbonyl (C=O) groups excluding carboxylic acids is 2. The summed E-state index contributed by atoms with van der Waals surface area (Å²) in [5.41, 5.74) is 7.03. The molecule has 192 valence electrons. The third kappa shape index (κ3) is 5.45. The first-order chi connectivity index (χ1) is 18.4. The molecule has 0 saturated carbocycles. The number of hydrogen-bond donors (Lipinski definition) is 2. The van der Waals surface area contributed by atoms with Gasteiger partial charge in [-0.15, -0.1) is 5.73 Å². The standard InChI is InChI=1S/C30H29N5O3/c1-20-5-8-24(30(38)34-13-11-23(12-14-34)22-9-6-21(16-31)7-10-22)15-27(20)29(37)33-25-3-2-4-28(32-17-25)35-18-26(36)19-35/h3-10,15,17,23,26,36H,11-14,18-19H2,1H3,(H,33,37). The molecule has 0 atom stereocenters. The van der Waals surface area contributed by atoms with Crippen molar-refractivity contribution in [1.29, 1.82) is 5.26 Å². The molecule has 0 radical (unpaired) electrons. The van der Waals surface area contributed by atoms with Gasteiger partial charge in [-0.1, -0.05) is 18.2 Å². The number of aliphatic imine (C=N–C) groups is 1. The Morgan fingerprint density at radius 3 is 2.53 bits per heavy atom. The normalized spacial score (nSPS) is 17.7. The topological polar surface area (TPSA) is 109 Å². The van der Waals surface area contributed by atoms with Crippen LogP contribution in [-0.4, -0.2) is 64.8 Å². The van der Waals surface area contributed by atoms with Gasteiger partial charge in [0.25, 0.3) is 11.8 Å². The Morgan fingerprint density at radius 2 is 1.84 bits per heavy atom. The molecule has 2 N–H and O–H groups in total. The van der Waals surface area contributed by atoms with Crippen LogP contribution in [0.3, 0.4) is 0 Å². The van der Waals surface area contributed by atoms with Gasteiger partial charge in [-0.25, -0.2) is 4.99 Å². The van der Waals surface area contributed by atoms with Crippen molar-refractivity contribution in [2.75, 3.05) is 26.2 Å². The number of aryl methyl sites for hydroxylation is 1. The van der Waals surface area contributed by atoms with Crippen LogP contribution in [0, 0.1) is 18.3 Å². The minimum absolute atomic E-state index is 0.0835. The first-order valence-corrected chi connectivity index (χ1v) is 12.8. The summed E-state index contributed by atoms with van der Waals surface area (Å²) < 4.78 is 0. The number of benzene rings is 2. The highest BCUT2D eigenvalue weighted by Crippen LogP contribution is 2.29. The summed E-state index contributed by atoms with van der Waals surface area (Å²) in [6.07, 6.45) is 6.29. The number of nitrogens with zero attached hydrogens (tertiary/aromatic N) is 4. The molecule has 0 aromatic heterocycles. The number of aliphatic hydroxyl groups excluding tert-OH is 1. The van der Waals surface area contributed by atoms with Gasteiger partial charge >= 0.3 is 0 Å². The average Bonchev–Trinajstić information content (AvgIpc) is 3.16. The summed E-state index contributed by atoms with van der Waals surface area (Å²) in [5.74, 6) is 0.636. The number of amidine groups is 1. The van der Waals surface area contributed by atoms with Gasteiger partial charge in [0.2, 0.25) is 0 Å². The number of nitriles is 1. The van der Waals surface area contributed by atoms with Gasteiger partial charge in [0.1, 0.15) is 5.84 Å². The summed E-state index contributed by atoms with van der Waals surface area (Å²) in [4.78, 5) is 34.6. The molecule has 0 unspecified atom stereocenters. The first-order valence-electron chi connectivity index (χ1n) is 12.8. The smallest absolute Gasteiger partial charge is 0.256 e. The van der Waals surface area contributed by atoms with Crippen LogP contribution >= 0.6 is 0 Å². The Bertz CT molecular complexity index is 1410. The fraction of sp³-hybridized carbons (Fsp3) is 0.300. The molecule has 2 amide bonds. The summed E-state index contributed by atoms with van der Waals surface area (Å²) in [6.45, 7) is 4.17. The lowest BCUT2D eigenvalue weighted by Crippen LogP contribution is -2.52. The van der Waals surface area contributed by atoms with E-state index in [1.807, 2.05) is 41.0 Å². The predicted molar refractivity (Wildman–Crippen MR) is 143 cm³/mol. The number of hydrogen-bond acceptors (Lipinski definition) is 6. The van der Waals surface area contributed by atoms with E-state index in [2.05, 4.69) is 22.1 Å². The highest BCUT2D eigenvalue weighted by Gasteiger charge is 2.27. The van der Waals surface area contributed by atoms with Crippen LogP contribution in [0.2, 0.25) is 0 Å². The zero-order valence-electron chi connectivity index (χ0n) is 21.2. The lowest BCUT2D eigenvalue weighted by molar-refractivity contribution is 0.0473. The monoisotopic (exact) mass is 507 g/mol. The van der Waals surface area contributed by atoms with Crippen LogP contribution in [0.1, 0.15) is 56.2 Å². The summed E-state index contributed by atoms with van der Waals surface area (Å²) >= 11 is 0. The molecule has 0 spiro atoms. The molecule has 38 heavy (non-hydrogen) atoms. The Hall–Kier alpha value is -4.44. The molecule has 0 aliphatic carbocycles. The van der Waals surface area contributed by atoms with Gasteiger partial charge in [-0.3, -0.25) is 9.59 Å². The van der Waals surface area contributed by atoms with E-state index in [9.17, 15) is 14.7 Å². The second kappa shape index (κ2) is 10.9. The molecule has 2 fully saturated rings. The third-order valence-corrected chi connectivity index (χ3v) is 7.25. The Morgan fingerprint density at radius 1 is 1.11 bits per heavy atom. The molecule has 2 saturated heterocycles. The maximum atomic E-state index is 13.3. The zero-order valence-corrected chi connectivity index (χ0v) is 21.2. The highest BCUT2D eigenvalue weighted by atomic mass is 16.3. The van der Waals surface area contributed by atoms with E-state index >= 15 is 0 Å². The molecule has 2 aromatic rings. The summed E-state index contributed by atoms with van der Waals surface area (Å²) in [6, 6.07) is 15.1. The van der Waals surface area contributed by atoms with E-state index < -0.39 is 0 Å². The van der Waals surface area contributed by atoms with Gasteiger partial charge in [0, 0.05) is 49.5 Å². The maximum absolute atomic E-state index is 13.3. The maximum Gasteiger partial charge on any atom is 0.256 e. The first kappa shape index (κ1) is 25.2. The SMILES string of the molecule is Cc1ccc(C(=O)N2CCC(c3ccc(C#N)cc3)CC2)cc1C(=O)NC1=CN=C(N2CC(O)C2)C=C=C1. The van der Waals surface area contributed by atoms with Crippen LogP contribution in [0.15, 0.2) is 77.2 Å². The van der Waals surface area contributed by atoms with E-state index in [0.717, 1.165) is 18.4 Å². The van der Waals surface area contributed by atoms with E-state index in [1.165, 1.54) is 5.56 Å². The second-order valence-electron chi connectivity index (χ2n) is 9.87.